The van der Waals surface area contributed by atoms with Crippen LogP contribution < -0.4 is 32.8 Å². The van der Waals surface area contributed by atoms with Gasteiger partial charge in [0, 0.05) is 59.7 Å². The molecule has 3 heterocycles. The van der Waals surface area contributed by atoms with Crippen LogP contribution in [-0.2, 0) is 42.9 Å². The number of amides is 1. The molecule has 0 saturated carbocycles. The van der Waals surface area contributed by atoms with Crippen molar-refractivity contribution in [2.75, 3.05) is 30.4 Å². The zero-order valence-corrected chi connectivity index (χ0v) is 30.1. The summed E-state index contributed by atoms with van der Waals surface area (Å²) >= 11 is 0. The second-order valence-electron chi connectivity index (χ2n) is 11.7. The molecule has 5 atom stereocenters. The number of rotatable bonds is 13. The Morgan fingerprint density at radius 3 is 2.26 bits per heavy atom. The van der Waals surface area contributed by atoms with Crippen molar-refractivity contribution in [1.82, 2.24) is 14.9 Å². The van der Waals surface area contributed by atoms with Gasteiger partial charge < -0.3 is 51.9 Å². The highest BCUT2D eigenvalue weighted by atomic mass is 31.3. The van der Waals surface area contributed by atoms with E-state index in [4.69, 9.17) is 31.7 Å². The highest BCUT2D eigenvalue weighted by molar-refractivity contribution is 7.66. The average Bonchev–Trinajstić information content (AvgIpc) is 3.41. The van der Waals surface area contributed by atoms with E-state index in [0.717, 1.165) is 26.4 Å². The third-order valence-electron chi connectivity index (χ3n) is 7.70. The Hall–Kier alpha value is -4.25. The number of aromatic nitrogens is 3. The van der Waals surface area contributed by atoms with E-state index in [1.165, 1.54) is 6.20 Å². The molecule has 4 unspecified atom stereocenters. The number of carbonyl (C=O) groups is 1. The number of hydrogen-bond donors (Lipinski definition) is 9. The maximum Gasteiger partial charge on any atom is 0.490 e. The van der Waals surface area contributed by atoms with Gasteiger partial charge in [-0.15, -0.1) is 0 Å². The lowest BCUT2D eigenvalue weighted by Gasteiger charge is -2.19. The number of carbonyl (C=O) groups excluding carboxylic acids is 1. The molecule has 0 bridgehead atoms. The molecule has 1 fully saturated rings. The van der Waals surface area contributed by atoms with Crippen LogP contribution in [0.3, 0.4) is 0 Å². The lowest BCUT2D eigenvalue weighted by Crippen LogP contribution is -2.36. The van der Waals surface area contributed by atoms with Crippen LogP contribution in [0.5, 0.6) is 0 Å². The maximum absolute atomic E-state index is 12.7. The standard InChI is InChI=1S/C29H34N7O14P3/c30-20-7-5-17-11-18-6-8-21(31)13-23(18)35(22(17)12-20)10-2-4-26(38)33-9-1-3-19-15-36(29(39)34-28(19)32)27-14-24(37)25(48-27)16-47-52(43,44)50-53(45,46)49-51(40,41)42/h5-8,11-13,15,24-25,27,37H,2,4,9-10,14,16H2,(H10,30,31,32,33,34,38,39,40,41,42,43,44,45,46)/p+1/t24-,25?,27?/m0/s1. The van der Waals surface area contributed by atoms with Gasteiger partial charge in [0.1, 0.15) is 24.7 Å². The van der Waals surface area contributed by atoms with Crippen molar-refractivity contribution in [2.24, 2.45) is 0 Å². The molecule has 1 aliphatic heterocycles. The van der Waals surface area contributed by atoms with Gasteiger partial charge in [-0.2, -0.15) is 18.2 Å². The Morgan fingerprint density at radius 1 is 1.00 bits per heavy atom. The van der Waals surface area contributed by atoms with Gasteiger partial charge in [0.05, 0.1) is 24.8 Å². The van der Waals surface area contributed by atoms with Gasteiger partial charge in [0.15, 0.2) is 0 Å². The Bertz CT molecular complexity index is 2270. The number of aliphatic hydroxyl groups excluding tert-OH is 1. The Morgan fingerprint density at radius 2 is 1.64 bits per heavy atom. The summed E-state index contributed by atoms with van der Waals surface area (Å²) in [6.07, 6.45) is -2.40. The molecule has 24 heteroatoms. The highest BCUT2D eigenvalue weighted by Crippen LogP contribution is 2.66. The number of hydrogen-bond acceptors (Lipinski definition) is 14. The molecular formula is C29H35N7O14P3+. The molecule has 0 radical (unpaired) electrons. The summed E-state index contributed by atoms with van der Waals surface area (Å²) in [5.41, 5.74) is 20.2. The number of phosphoric acid groups is 3. The number of benzene rings is 2. The monoisotopic (exact) mass is 798 g/mol. The molecule has 2 aromatic carbocycles. The molecule has 12 N–H and O–H groups in total. The van der Waals surface area contributed by atoms with Crippen molar-refractivity contribution in [3.05, 3.63) is 64.7 Å². The molecule has 284 valence electrons. The summed E-state index contributed by atoms with van der Waals surface area (Å²) in [5, 5.41) is 15.1. The number of pyridine rings is 1. The van der Waals surface area contributed by atoms with E-state index in [1.54, 1.807) is 0 Å². The van der Waals surface area contributed by atoms with Gasteiger partial charge in [0.25, 0.3) is 0 Å². The Labute approximate surface area is 299 Å². The number of aliphatic hydroxyl groups is 1. The predicted octanol–water partition coefficient (Wildman–Crippen LogP) is 0.524. The zero-order valence-electron chi connectivity index (χ0n) is 27.4. The van der Waals surface area contributed by atoms with Crippen LogP contribution >= 0.6 is 23.5 Å². The minimum Gasteiger partial charge on any atom is -0.399 e. The molecule has 2 aromatic heterocycles. The van der Waals surface area contributed by atoms with E-state index in [1.807, 2.05) is 42.5 Å². The second kappa shape index (κ2) is 16.0. The van der Waals surface area contributed by atoms with Gasteiger partial charge in [-0.3, -0.25) is 13.9 Å². The lowest BCUT2D eigenvalue weighted by molar-refractivity contribution is -0.645. The Kier molecular flexibility index (Phi) is 12.1. The predicted molar refractivity (Wildman–Crippen MR) is 187 cm³/mol. The van der Waals surface area contributed by atoms with Crippen LogP contribution in [-0.4, -0.2) is 65.5 Å². The first-order valence-corrected chi connectivity index (χ1v) is 20.0. The van der Waals surface area contributed by atoms with Crippen molar-refractivity contribution in [1.29, 1.82) is 0 Å². The fraction of sp³-hybridized carbons (Fsp3) is 0.310. The molecule has 21 nitrogen and oxygen atoms in total. The number of phosphoric ester groups is 1. The van der Waals surface area contributed by atoms with E-state index < -0.39 is 54.2 Å². The summed E-state index contributed by atoms with van der Waals surface area (Å²) in [6, 6.07) is 13.3. The van der Waals surface area contributed by atoms with Crippen molar-refractivity contribution < 1.29 is 65.6 Å². The average molecular weight is 799 g/mol. The van der Waals surface area contributed by atoms with Gasteiger partial charge in [-0.25, -0.2) is 18.5 Å². The van der Waals surface area contributed by atoms with E-state index in [2.05, 4.69) is 39.9 Å². The minimum absolute atomic E-state index is 0.0733. The van der Waals surface area contributed by atoms with Crippen molar-refractivity contribution >= 4 is 68.4 Å². The maximum atomic E-state index is 12.7. The number of nitrogens with two attached hydrogens (primary N) is 3. The van der Waals surface area contributed by atoms with Gasteiger partial charge >= 0.3 is 29.2 Å². The molecule has 4 aromatic rings. The fourth-order valence-corrected chi connectivity index (χ4v) is 8.46. The topological polar surface area (TPSA) is 335 Å². The van der Waals surface area contributed by atoms with E-state index in [0.29, 0.717) is 24.3 Å². The first-order chi connectivity index (χ1) is 24.8. The van der Waals surface area contributed by atoms with Gasteiger partial charge in [-0.1, -0.05) is 11.8 Å². The Balaban J connectivity index is 1.16. The number of ether oxygens (including phenoxy) is 1. The summed E-state index contributed by atoms with van der Waals surface area (Å²) < 4.78 is 54.7. The molecule has 0 aliphatic carbocycles. The highest BCUT2D eigenvalue weighted by Gasteiger charge is 2.43. The number of fused-ring (bicyclic) bond motifs is 2. The summed E-state index contributed by atoms with van der Waals surface area (Å²) in [7, 11) is -16.8. The third kappa shape index (κ3) is 10.7. The third-order valence-corrected chi connectivity index (χ3v) is 11.5. The number of aryl methyl sites for hydroxylation is 1. The molecule has 1 amide bonds. The number of nitrogen functional groups attached to an aromatic ring is 3. The first kappa shape index (κ1) is 39.9. The smallest absolute Gasteiger partial charge is 0.399 e. The van der Waals surface area contributed by atoms with Crippen LogP contribution in [0.2, 0.25) is 0 Å². The molecule has 1 aliphatic rings. The fourth-order valence-electron chi connectivity index (χ4n) is 5.43. The van der Waals surface area contributed by atoms with Gasteiger partial charge in [0.2, 0.25) is 16.9 Å². The molecule has 0 spiro atoms. The van der Waals surface area contributed by atoms with Crippen LogP contribution in [0.4, 0.5) is 17.2 Å². The molecule has 53 heavy (non-hydrogen) atoms. The van der Waals surface area contributed by atoms with E-state index in [-0.39, 0.29) is 36.7 Å². The first-order valence-electron chi connectivity index (χ1n) is 15.5. The quantitative estimate of drug-likeness (QED) is 0.0293. The normalized spacial score (nSPS) is 19.7. The van der Waals surface area contributed by atoms with Crippen molar-refractivity contribution in [2.45, 2.75) is 44.2 Å². The largest absolute Gasteiger partial charge is 0.490 e. The summed E-state index contributed by atoms with van der Waals surface area (Å²) in [5.74, 6) is 4.95. The number of anilines is 3. The van der Waals surface area contributed by atoms with Gasteiger partial charge in [-0.05, 0) is 30.3 Å². The summed E-state index contributed by atoms with van der Waals surface area (Å²) in [4.78, 5) is 65.2. The number of nitrogens with one attached hydrogen (secondary N) is 1. The SMILES string of the molecule is Nc1ccc2cc3ccc(N)cc3[n+](CCCC(=O)NCC#Cc3cn(C4C[C@H](O)C(COP(=O)(O)OP(=O)(O)OP(=O)(O)O)O4)c(=O)nc3N)c2c1. The van der Waals surface area contributed by atoms with E-state index >= 15 is 0 Å². The second-order valence-corrected chi connectivity index (χ2v) is 16.1. The van der Waals surface area contributed by atoms with E-state index in [9.17, 15) is 38.2 Å². The van der Waals surface area contributed by atoms with Crippen LogP contribution in [0.25, 0.3) is 21.8 Å². The van der Waals surface area contributed by atoms with Crippen LogP contribution in [0.1, 0.15) is 31.1 Å². The van der Waals surface area contributed by atoms with Crippen molar-refractivity contribution in [3.63, 3.8) is 0 Å². The molecular weight excluding hydrogens is 763 g/mol. The molecule has 5 rings (SSSR count). The van der Waals surface area contributed by atoms with Crippen LogP contribution in [0.15, 0.2) is 53.5 Å². The zero-order chi connectivity index (χ0) is 38.7. The lowest BCUT2D eigenvalue weighted by atomic mass is 10.1. The number of nitrogens with zero attached hydrogens (tertiary/aromatic N) is 3. The summed E-state index contributed by atoms with van der Waals surface area (Å²) in [6.45, 7) is -0.512. The van der Waals surface area contributed by atoms with Crippen molar-refractivity contribution in [3.8, 4) is 11.8 Å². The molecule has 1 saturated heterocycles. The minimum atomic E-state index is -5.76. The van der Waals surface area contributed by atoms with Crippen LogP contribution in [0, 0.1) is 11.8 Å².